The Labute approximate surface area is 112 Å². The van der Waals surface area contributed by atoms with Crippen molar-refractivity contribution >= 4 is 23.6 Å². The number of thioether (sulfide) groups is 1. The van der Waals surface area contributed by atoms with Gasteiger partial charge in [0.1, 0.15) is 6.04 Å². The number of hydrogen-bond donors (Lipinski definition) is 2. The second-order valence-corrected chi connectivity index (χ2v) is 4.61. The maximum Gasteiger partial charge on any atom is 0.251 e. The molecule has 0 heterocycles. The molecule has 1 atom stereocenters. The molecule has 1 unspecified atom stereocenters. The third-order valence-electron chi connectivity index (χ3n) is 2.15. The standard InChI is InChI=1S/C13H20N2O2S/c1-4-5-6-7-10(2)13(17)15-11(12(14)16)8-9-18-3/h4-7,11H,2,8-9H2,1,3H3,(H2,14,16)(H,15,17)/b5-4-,7-6-. The molecule has 0 saturated carbocycles. The molecule has 2 amide bonds. The summed E-state index contributed by atoms with van der Waals surface area (Å²) in [6.45, 7) is 5.50. The summed E-state index contributed by atoms with van der Waals surface area (Å²) in [5.74, 6) is -0.141. The number of rotatable bonds is 8. The van der Waals surface area contributed by atoms with Crippen LogP contribution in [0.15, 0.2) is 36.5 Å². The summed E-state index contributed by atoms with van der Waals surface area (Å²) < 4.78 is 0. The van der Waals surface area contributed by atoms with Crippen molar-refractivity contribution in [2.75, 3.05) is 12.0 Å². The van der Waals surface area contributed by atoms with Crippen LogP contribution in [0.3, 0.4) is 0 Å². The average Bonchev–Trinajstić information content (AvgIpc) is 2.33. The van der Waals surface area contributed by atoms with E-state index in [4.69, 9.17) is 5.73 Å². The van der Waals surface area contributed by atoms with E-state index in [-0.39, 0.29) is 5.91 Å². The van der Waals surface area contributed by atoms with Crippen LogP contribution in [-0.4, -0.2) is 29.9 Å². The molecule has 100 valence electrons. The van der Waals surface area contributed by atoms with Crippen LogP contribution < -0.4 is 11.1 Å². The maximum atomic E-state index is 11.7. The zero-order valence-corrected chi connectivity index (χ0v) is 11.6. The van der Waals surface area contributed by atoms with Crippen molar-refractivity contribution in [3.8, 4) is 0 Å². The molecule has 0 aromatic carbocycles. The lowest BCUT2D eigenvalue weighted by Gasteiger charge is -2.14. The highest BCUT2D eigenvalue weighted by Crippen LogP contribution is 2.02. The van der Waals surface area contributed by atoms with Gasteiger partial charge in [0.05, 0.1) is 0 Å². The van der Waals surface area contributed by atoms with Crippen molar-refractivity contribution in [3.05, 3.63) is 36.5 Å². The molecule has 5 heteroatoms. The van der Waals surface area contributed by atoms with Gasteiger partial charge in [0.2, 0.25) is 5.91 Å². The van der Waals surface area contributed by atoms with E-state index >= 15 is 0 Å². The molecule has 0 aliphatic rings. The monoisotopic (exact) mass is 268 g/mol. The van der Waals surface area contributed by atoms with E-state index in [0.717, 1.165) is 5.75 Å². The van der Waals surface area contributed by atoms with Gasteiger partial charge in [-0.2, -0.15) is 11.8 Å². The highest BCUT2D eigenvalue weighted by atomic mass is 32.2. The minimum absolute atomic E-state index is 0.295. The Balaban J connectivity index is 4.40. The van der Waals surface area contributed by atoms with Gasteiger partial charge in [-0.05, 0) is 25.4 Å². The predicted molar refractivity (Wildman–Crippen MR) is 77.2 cm³/mol. The summed E-state index contributed by atoms with van der Waals surface area (Å²) in [4.78, 5) is 22.9. The molecule has 0 aromatic heterocycles. The summed E-state index contributed by atoms with van der Waals surface area (Å²) in [5.41, 5.74) is 5.52. The Morgan fingerprint density at radius 2 is 2.11 bits per heavy atom. The lowest BCUT2D eigenvalue weighted by Crippen LogP contribution is -2.45. The molecule has 0 aliphatic carbocycles. The number of hydrogen-bond acceptors (Lipinski definition) is 3. The number of carbonyl (C=O) groups is 2. The molecule has 4 nitrogen and oxygen atoms in total. The average molecular weight is 268 g/mol. The number of carbonyl (C=O) groups excluding carboxylic acids is 2. The third-order valence-corrected chi connectivity index (χ3v) is 2.80. The van der Waals surface area contributed by atoms with Crippen LogP contribution in [0, 0.1) is 0 Å². The Morgan fingerprint density at radius 3 is 2.61 bits per heavy atom. The van der Waals surface area contributed by atoms with Gasteiger partial charge in [-0.25, -0.2) is 0 Å². The molecule has 0 spiro atoms. The highest BCUT2D eigenvalue weighted by Gasteiger charge is 2.17. The lowest BCUT2D eigenvalue weighted by molar-refractivity contribution is -0.125. The minimum atomic E-state index is -0.642. The topological polar surface area (TPSA) is 72.2 Å². The summed E-state index contributed by atoms with van der Waals surface area (Å²) in [6.07, 6.45) is 9.38. The fourth-order valence-electron chi connectivity index (χ4n) is 1.13. The van der Waals surface area contributed by atoms with Gasteiger partial charge in [0.15, 0.2) is 0 Å². The first-order valence-corrected chi connectivity index (χ1v) is 6.99. The largest absolute Gasteiger partial charge is 0.368 e. The molecule has 0 bridgehead atoms. The smallest absolute Gasteiger partial charge is 0.251 e. The van der Waals surface area contributed by atoms with Crippen LogP contribution in [0.5, 0.6) is 0 Å². The number of nitrogens with one attached hydrogen (secondary N) is 1. The molecule has 3 N–H and O–H groups in total. The summed E-state index contributed by atoms with van der Waals surface area (Å²) in [6, 6.07) is -0.642. The van der Waals surface area contributed by atoms with E-state index in [9.17, 15) is 9.59 Å². The van der Waals surface area contributed by atoms with Gasteiger partial charge in [-0.1, -0.05) is 30.9 Å². The normalized spacial score (nSPS) is 12.8. The number of primary amides is 1. The van der Waals surface area contributed by atoms with E-state index in [1.807, 2.05) is 19.3 Å². The molecule has 0 aliphatic heterocycles. The van der Waals surface area contributed by atoms with Gasteiger partial charge in [-0.3, -0.25) is 9.59 Å². The molecular formula is C13H20N2O2S. The van der Waals surface area contributed by atoms with E-state index in [2.05, 4.69) is 11.9 Å². The molecule has 0 aromatic rings. The Kier molecular flexibility index (Phi) is 8.74. The fourth-order valence-corrected chi connectivity index (χ4v) is 1.60. The van der Waals surface area contributed by atoms with Crippen LogP contribution in [0.2, 0.25) is 0 Å². The van der Waals surface area contributed by atoms with Crippen molar-refractivity contribution in [1.29, 1.82) is 0 Å². The highest BCUT2D eigenvalue weighted by molar-refractivity contribution is 7.98. The zero-order chi connectivity index (χ0) is 14.0. The van der Waals surface area contributed by atoms with Crippen LogP contribution in [-0.2, 0) is 9.59 Å². The first-order chi connectivity index (χ1) is 8.52. The van der Waals surface area contributed by atoms with Gasteiger partial charge >= 0.3 is 0 Å². The summed E-state index contributed by atoms with van der Waals surface area (Å²) >= 11 is 1.60. The molecule has 0 saturated heterocycles. The molecule has 0 rings (SSSR count). The zero-order valence-electron chi connectivity index (χ0n) is 10.8. The predicted octanol–water partition coefficient (Wildman–Crippen LogP) is 1.40. The van der Waals surface area contributed by atoms with Crippen LogP contribution >= 0.6 is 11.8 Å². The minimum Gasteiger partial charge on any atom is -0.368 e. The van der Waals surface area contributed by atoms with Crippen LogP contribution in [0.1, 0.15) is 13.3 Å². The molecule has 18 heavy (non-hydrogen) atoms. The van der Waals surface area contributed by atoms with E-state index in [1.165, 1.54) is 0 Å². The first kappa shape index (κ1) is 16.5. The van der Waals surface area contributed by atoms with Crippen molar-refractivity contribution in [2.24, 2.45) is 5.73 Å². The second kappa shape index (κ2) is 9.53. The number of allylic oxidation sites excluding steroid dienone is 3. The van der Waals surface area contributed by atoms with Gasteiger partial charge in [-0.15, -0.1) is 0 Å². The summed E-state index contributed by atoms with van der Waals surface area (Å²) in [5, 5.41) is 2.58. The number of amides is 2. The Bertz CT molecular complexity index is 362. The van der Waals surface area contributed by atoms with E-state index in [0.29, 0.717) is 12.0 Å². The Morgan fingerprint density at radius 1 is 1.44 bits per heavy atom. The van der Waals surface area contributed by atoms with Crippen LogP contribution in [0.4, 0.5) is 0 Å². The first-order valence-electron chi connectivity index (χ1n) is 5.60. The maximum absolute atomic E-state index is 11.7. The van der Waals surface area contributed by atoms with Crippen molar-refractivity contribution in [2.45, 2.75) is 19.4 Å². The van der Waals surface area contributed by atoms with Crippen LogP contribution in [0.25, 0.3) is 0 Å². The van der Waals surface area contributed by atoms with E-state index < -0.39 is 11.9 Å². The third kappa shape index (κ3) is 6.96. The summed E-state index contributed by atoms with van der Waals surface area (Å²) in [7, 11) is 0. The van der Waals surface area contributed by atoms with Crippen molar-refractivity contribution in [3.63, 3.8) is 0 Å². The van der Waals surface area contributed by atoms with Gasteiger partial charge in [0, 0.05) is 5.57 Å². The van der Waals surface area contributed by atoms with Crippen molar-refractivity contribution in [1.82, 2.24) is 5.32 Å². The lowest BCUT2D eigenvalue weighted by atomic mass is 10.2. The van der Waals surface area contributed by atoms with E-state index in [1.54, 1.807) is 30.0 Å². The van der Waals surface area contributed by atoms with Gasteiger partial charge < -0.3 is 11.1 Å². The van der Waals surface area contributed by atoms with Crippen molar-refractivity contribution < 1.29 is 9.59 Å². The second-order valence-electron chi connectivity index (χ2n) is 3.62. The SMILES string of the molecule is C=C(/C=C\C=C/C)C(=O)NC(CCSC)C(N)=O. The fraction of sp³-hybridized carbons (Fsp3) is 0.385. The molecule has 0 fully saturated rings. The Hall–Kier alpha value is -1.49. The quantitative estimate of drug-likeness (QED) is 0.516. The number of nitrogens with two attached hydrogens (primary N) is 1. The molecular weight excluding hydrogens is 248 g/mol. The molecule has 0 radical (unpaired) electrons. The van der Waals surface area contributed by atoms with Gasteiger partial charge in [0.25, 0.3) is 5.91 Å².